The monoisotopic (exact) mass is 229 g/mol. The molecule has 0 spiro atoms. The van der Waals surface area contributed by atoms with Crippen LogP contribution in [0.1, 0.15) is 46.0 Å². The Bertz CT molecular complexity index is 167. The van der Waals surface area contributed by atoms with E-state index in [-0.39, 0.29) is 6.10 Å². The van der Waals surface area contributed by atoms with Crippen LogP contribution in [0, 0.1) is 5.92 Å². The maximum absolute atomic E-state index is 9.73. The van der Waals surface area contributed by atoms with E-state index in [1.807, 2.05) is 0 Å². The topological polar surface area (TPSA) is 41.5 Å². The summed E-state index contributed by atoms with van der Waals surface area (Å²) in [7, 11) is 0. The number of nitrogens with one attached hydrogen (secondary N) is 1. The van der Waals surface area contributed by atoms with Gasteiger partial charge in [-0.25, -0.2) is 0 Å². The quantitative estimate of drug-likeness (QED) is 0.668. The third-order valence-corrected chi connectivity index (χ3v) is 3.02. The highest BCUT2D eigenvalue weighted by atomic mass is 16.5. The SMILES string of the molecule is CC(C)CNCC(O)CCCC1CCCO1. The number of hydrogen-bond acceptors (Lipinski definition) is 3. The molecule has 3 nitrogen and oxygen atoms in total. The van der Waals surface area contributed by atoms with Gasteiger partial charge >= 0.3 is 0 Å². The van der Waals surface area contributed by atoms with Gasteiger partial charge in [0.05, 0.1) is 12.2 Å². The van der Waals surface area contributed by atoms with Gasteiger partial charge in [-0.15, -0.1) is 0 Å². The predicted molar refractivity (Wildman–Crippen MR) is 66.5 cm³/mol. The molecule has 1 heterocycles. The van der Waals surface area contributed by atoms with Crippen molar-refractivity contribution in [1.29, 1.82) is 0 Å². The summed E-state index contributed by atoms with van der Waals surface area (Å²) in [5.74, 6) is 0.652. The molecule has 0 radical (unpaired) electrons. The molecular weight excluding hydrogens is 202 g/mol. The average molecular weight is 229 g/mol. The Hall–Kier alpha value is -0.120. The zero-order valence-electron chi connectivity index (χ0n) is 10.7. The van der Waals surface area contributed by atoms with Crippen LogP contribution in [-0.2, 0) is 4.74 Å². The molecule has 1 fully saturated rings. The lowest BCUT2D eigenvalue weighted by atomic mass is 10.1. The first kappa shape index (κ1) is 13.9. The van der Waals surface area contributed by atoms with Gasteiger partial charge in [0.2, 0.25) is 0 Å². The highest BCUT2D eigenvalue weighted by Gasteiger charge is 2.15. The van der Waals surface area contributed by atoms with Crippen molar-refractivity contribution in [2.45, 2.75) is 58.2 Å². The van der Waals surface area contributed by atoms with Crippen molar-refractivity contribution in [3.05, 3.63) is 0 Å². The summed E-state index contributed by atoms with van der Waals surface area (Å²) in [5, 5.41) is 13.0. The second-order valence-electron chi connectivity index (χ2n) is 5.27. The van der Waals surface area contributed by atoms with Crippen molar-refractivity contribution in [2.24, 2.45) is 5.92 Å². The predicted octanol–water partition coefficient (Wildman–Crippen LogP) is 1.94. The largest absolute Gasteiger partial charge is 0.392 e. The number of hydrogen-bond donors (Lipinski definition) is 2. The molecule has 16 heavy (non-hydrogen) atoms. The molecule has 0 aromatic carbocycles. The Kier molecular flexibility index (Phi) is 7.01. The van der Waals surface area contributed by atoms with Gasteiger partial charge in [0, 0.05) is 13.2 Å². The van der Waals surface area contributed by atoms with E-state index < -0.39 is 0 Å². The van der Waals surface area contributed by atoms with Crippen LogP contribution in [0.5, 0.6) is 0 Å². The highest BCUT2D eigenvalue weighted by Crippen LogP contribution is 2.18. The van der Waals surface area contributed by atoms with Crippen LogP contribution in [0.4, 0.5) is 0 Å². The molecule has 0 saturated carbocycles. The minimum Gasteiger partial charge on any atom is -0.392 e. The fourth-order valence-corrected chi connectivity index (χ4v) is 2.09. The number of ether oxygens (including phenoxy) is 1. The van der Waals surface area contributed by atoms with E-state index in [9.17, 15) is 5.11 Å². The molecule has 0 aromatic heterocycles. The fraction of sp³-hybridized carbons (Fsp3) is 1.00. The van der Waals surface area contributed by atoms with E-state index >= 15 is 0 Å². The summed E-state index contributed by atoms with van der Waals surface area (Å²) in [4.78, 5) is 0. The van der Waals surface area contributed by atoms with Crippen molar-refractivity contribution in [3.8, 4) is 0 Å². The molecule has 1 saturated heterocycles. The van der Waals surface area contributed by atoms with E-state index in [0.717, 1.165) is 39.0 Å². The summed E-state index contributed by atoms with van der Waals surface area (Å²) >= 11 is 0. The maximum atomic E-state index is 9.73. The lowest BCUT2D eigenvalue weighted by Crippen LogP contribution is -2.29. The van der Waals surface area contributed by atoms with Gasteiger partial charge in [0.25, 0.3) is 0 Å². The first-order chi connectivity index (χ1) is 7.68. The van der Waals surface area contributed by atoms with Crippen molar-refractivity contribution in [1.82, 2.24) is 5.32 Å². The first-order valence-electron chi connectivity index (χ1n) is 6.69. The Morgan fingerprint density at radius 2 is 2.19 bits per heavy atom. The van der Waals surface area contributed by atoms with Crippen LogP contribution < -0.4 is 5.32 Å². The van der Waals surface area contributed by atoms with Crippen molar-refractivity contribution in [3.63, 3.8) is 0 Å². The van der Waals surface area contributed by atoms with Gasteiger partial charge in [0.15, 0.2) is 0 Å². The van der Waals surface area contributed by atoms with Gasteiger partial charge in [-0.05, 0) is 44.6 Å². The van der Waals surface area contributed by atoms with E-state index in [1.165, 1.54) is 12.8 Å². The molecule has 0 amide bonds. The molecule has 0 aromatic rings. The Labute approximate surface area is 99.6 Å². The molecule has 1 aliphatic rings. The van der Waals surface area contributed by atoms with Gasteiger partial charge < -0.3 is 15.2 Å². The Morgan fingerprint density at radius 1 is 1.38 bits per heavy atom. The Morgan fingerprint density at radius 3 is 2.81 bits per heavy atom. The molecule has 1 rings (SSSR count). The molecule has 96 valence electrons. The molecule has 1 aliphatic heterocycles. The molecule has 2 N–H and O–H groups in total. The van der Waals surface area contributed by atoms with E-state index in [4.69, 9.17) is 4.74 Å². The summed E-state index contributed by atoms with van der Waals surface area (Å²) in [6, 6.07) is 0. The van der Waals surface area contributed by atoms with Crippen molar-refractivity contribution >= 4 is 0 Å². The number of aliphatic hydroxyl groups is 1. The van der Waals surface area contributed by atoms with Crippen LogP contribution in [0.2, 0.25) is 0 Å². The summed E-state index contributed by atoms with van der Waals surface area (Å²) in [6.07, 6.45) is 5.78. The summed E-state index contributed by atoms with van der Waals surface area (Å²) in [5.41, 5.74) is 0. The third-order valence-electron chi connectivity index (χ3n) is 3.02. The normalized spacial score (nSPS) is 22.9. The van der Waals surface area contributed by atoms with E-state index in [1.54, 1.807) is 0 Å². The number of aliphatic hydroxyl groups excluding tert-OH is 1. The number of rotatable bonds is 8. The van der Waals surface area contributed by atoms with E-state index in [2.05, 4.69) is 19.2 Å². The lowest BCUT2D eigenvalue weighted by molar-refractivity contribution is 0.0942. The minimum absolute atomic E-state index is 0.194. The average Bonchev–Trinajstić information content (AvgIpc) is 2.70. The van der Waals surface area contributed by atoms with Crippen LogP contribution in [-0.4, -0.2) is 37.0 Å². The van der Waals surface area contributed by atoms with Gasteiger partial charge in [-0.2, -0.15) is 0 Å². The van der Waals surface area contributed by atoms with Crippen LogP contribution >= 0.6 is 0 Å². The molecule has 2 atom stereocenters. The molecule has 0 aliphatic carbocycles. The van der Waals surface area contributed by atoms with Crippen LogP contribution in [0.15, 0.2) is 0 Å². The maximum Gasteiger partial charge on any atom is 0.0664 e. The van der Waals surface area contributed by atoms with Crippen molar-refractivity contribution in [2.75, 3.05) is 19.7 Å². The lowest BCUT2D eigenvalue weighted by Gasteiger charge is -2.14. The summed E-state index contributed by atoms with van der Waals surface area (Å²) < 4.78 is 5.55. The first-order valence-corrected chi connectivity index (χ1v) is 6.69. The van der Waals surface area contributed by atoms with Gasteiger partial charge in [0.1, 0.15) is 0 Å². The van der Waals surface area contributed by atoms with Gasteiger partial charge in [-0.3, -0.25) is 0 Å². The molecule has 2 unspecified atom stereocenters. The fourth-order valence-electron chi connectivity index (χ4n) is 2.09. The van der Waals surface area contributed by atoms with Crippen LogP contribution in [0.25, 0.3) is 0 Å². The Balaban J connectivity index is 1.91. The minimum atomic E-state index is -0.194. The third kappa shape index (κ3) is 6.46. The standard InChI is InChI=1S/C13H27NO2/c1-11(2)9-14-10-12(15)5-3-6-13-7-4-8-16-13/h11-15H,3-10H2,1-2H3. The smallest absolute Gasteiger partial charge is 0.0664 e. The second kappa shape index (κ2) is 8.04. The molecule has 3 heteroatoms. The second-order valence-corrected chi connectivity index (χ2v) is 5.27. The van der Waals surface area contributed by atoms with Crippen molar-refractivity contribution < 1.29 is 9.84 Å². The zero-order chi connectivity index (χ0) is 11.8. The summed E-state index contributed by atoms with van der Waals surface area (Å²) in [6.45, 7) is 7.00. The zero-order valence-corrected chi connectivity index (χ0v) is 10.7. The molecular formula is C13H27NO2. The van der Waals surface area contributed by atoms with Gasteiger partial charge in [-0.1, -0.05) is 13.8 Å². The van der Waals surface area contributed by atoms with E-state index in [0.29, 0.717) is 12.0 Å². The molecule has 0 bridgehead atoms. The van der Waals surface area contributed by atoms with Crippen LogP contribution in [0.3, 0.4) is 0 Å². The highest BCUT2D eigenvalue weighted by molar-refractivity contribution is 4.67.